The Balaban J connectivity index is 1.07. The molecule has 0 amide bonds. The topological polar surface area (TPSA) is 35.6 Å². The molecule has 268 valence electrons. The highest BCUT2D eigenvalue weighted by atomic mass is 15.0. The number of fused-ring (bicyclic) bond motifs is 10. The third-order valence-corrected chi connectivity index (χ3v) is 12.3. The van der Waals surface area contributed by atoms with Gasteiger partial charge in [0.05, 0.1) is 33.3 Å². The molecule has 0 atom stereocenters. The zero-order chi connectivity index (χ0) is 37.8. The summed E-state index contributed by atoms with van der Waals surface area (Å²) in [5.74, 6) is 0.709. The lowest BCUT2D eigenvalue weighted by atomic mass is 9.82. The van der Waals surface area contributed by atoms with Crippen LogP contribution >= 0.6 is 0 Å². The van der Waals surface area contributed by atoms with Crippen molar-refractivity contribution in [2.45, 2.75) is 19.3 Å². The Labute approximate surface area is 329 Å². The highest BCUT2D eigenvalue weighted by molar-refractivity contribution is 6.19. The predicted molar refractivity (Wildman–Crippen MR) is 237 cm³/mol. The zero-order valence-corrected chi connectivity index (χ0v) is 31.6. The lowest BCUT2D eigenvalue weighted by Crippen LogP contribution is -2.15. The monoisotopic (exact) mass is 728 g/mol. The minimum Gasteiger partial charge on any atom is -0.309 e. The summed E-state index contributed by atoms with van der Waals surface area (Å²) >= 11 is 0. The first-order chi connectivity index (χ1) is 28.0. The van der Waals surface area contributed by atoms with E-state index in [2.05, 4.69) is 193 Å². The second kappa shape index (κ2) is 11.8. The Bertz CT molecular complexity index is 3440. The van der Waals surface area contributed by atoms with E-state index in [0.29, 0.717) is 5.82 Å². The molecule has 0 saturated carbocycles. The molecule has 0 aliphatic heterocycles. The molecule has 3 aromatic heterocycles. The van der Waals surface area contributed by atoms with E-state index >= 15 is 0 Å². The first-order valence-electron chi connectivity index (χ1n) is 19.7. The van der Waals surface area contributed by atoms with Crippen LogP contribution < -0.4 is 0 Å². The van der Waals surface area contributed by atoms with Crippen molar-refractivity contribution in [3.8, 4) is 45.1 Å². The van der Waals surface area contributed by atoms with Crippen LogP contribution in [0.2, 0.25) is 0 Å². The van der Waals surface area contributed by atoms with Crippen LogP contribution in [-0.4, -0.2) is 19.1 Å². The minimum absolute atomic E-state index is 0.0864. The summed E-state index contributed by atoms with van der Waals surface area (Å²) in [6, 6.07) is 65.8. The minimum atomic E-state index is -0.0864. The van der Waals surface area contributed by atoms with Gasteiger partial charge in [-0.05, 0) is 76.9 Å². The third-order valence-electron chi connectivity index (χ3n) is 12.3. The normalized spacial score (nSPS) is 13.2. The zero-order valence-electron chi connectivity index (χ0n) is 31.6. The van der Waals surface area contributed by atoms with Crippen LogP contribution in [0.5, 0.6) is 0 Å². The van der Waals surface area contributed by atoms with Gasteiger partial charge in [-0.3, -0.25) is 0 Å². The van der Waals surface area contributed by atoms with E-state index in [1.807, 2.05) is 12.1 Å². The number of nitrogens with zero attached hydrogens (tertiary/aromatic N) is 4. The number of hydrogen-bond donors (Lipinski definition) is 0. The first kappa shape index (κ1) is 32.0. The quantitative estimate of drug-likeness (QED) is 0.181. The molecule has 0 unspecified atom stereocenters. The molecule has 57 heavy (non-hydrogen) atoms. The lowest BCUT2D eigenvalue weighted by molar-refractivity contribution is 0.660. The third kappa shape index (κ3) is 4.62. The van der Waals surface area contributed by atoms with Gasteiger partial charge in [0.1, 0.15) is 0 Å². The Morgan fingerprint density at radius 2 is 0.965 bits per heavy atom. The summed E-state index contributed by atoms with van der Waals surface area (Å²) in [4.78, 5) is 10.3. The molecule has 11 aromatic rings. The summed E-state index contributed by atoms with van der Waals surface area (Å²) in [6.45, 7) is 4.71. The molecule has 4 heteroatoms. The number of hydrogen-bond acceptors (Lipinski definition) is 2. The Morgan fingerprint density at radius 1 is 0.386 bits per heavy atom. The van der Waals surface area contributed by atoms with Crippen LogP contribution in [0.15, 0.2) is 182 Å². The molecular weight excluding hydrogens is 693 g/mol. The van der Waals surface area contributed by atoms with Gasteiger partial charge in [0.25, 0.3) is 0 Å². The van der Waals surface area contributed by atoms with Crippen molar-refractivity contribution in [1.82, 2.24) is 19.1 Å². The Morgan fingerprint density at radius 3 is 1.70 bits per heavy atom. The highest BCUT2D eigenvalue weighted by Crippen LogP contribution is 2.50. The fourth-order valence-corrected chi connectivity index (χ4v) is 9.62. The molecule has 3 heterocycles. The number of benzene rings is 8. The number of aromatic nitrogens is 4. The van der Waals surface area contributed by atoms with E-state index < -0.39 is 0 Å². The summed E-state index contributed by atoms with van der Waals surface area (Å²) < 4.78 is 4.88. The maximum Gasteiger partial charge on any atom is 0.160 e. The van der Waals surface area contributed by atoms with Gasteiger partial charge >= 0.3 is 0 Å². The van der Waals surface area contributed by atoms with E-state index in [1.165, 1.54) is 66.0 Å². The smallest absolute Gasteiger partial charge is 0.160 e. The molecule has 1 aliphatic carbocycles. The maximum atomic E-state index is 5.21. The highest BCUT2D eigenvalue weighted by Gasteiger charge is 2.35. The van der Waals surface area contributed by atoms with Gasteiger partial charge in [-0.1, -0.05) is 141 Å². The molecule has 0 saturated heterocycles. The molecule has 0 radical (unpaired) electrons. The fourth-order valence-electron chi connectivity index (χ4n) is 9.62. The summed E-state index contributed by atoms with van der Waals surface area (Å²) in [6.07, 6.45) is 0. The van der Waals surface area contributed by atoms with Crippen LogP contribution in [0, 0.1) is 0 Å². The molecule has 12 rings (SSSR count). The van der Waals surface area contributed by atoms with Crippen molar-refractivity contribution in [1.29, 1.82) is 0 Å². The molecule has 8 aromatic carbocycles. The van der Waals surface area contributed by atoms with Crippen LogP contribution in [0.25, 0.3) is 99.7 Å². The molecule has 0 bridgehead atoms. The van der Waals surface area contributed by atoms with Crippen LogP contribution in [0.1, 0.15) is 25.0 Å². The van der Waals surface area contributed by atoms with Crippen molar-refractivity contribution >= 4 is 54.5 Å². The fraction of sp³-hybridized carbons (Fsp3) is 0.0566. The van der Waals surface area contributed by atoms with E-state index in [4.69, 9.17) is 9.97 Å². The van der Waals surface area contributed by atoms with Crippen LogP contribution in [-0.2, 0) is 5.41 Å². The second-order valence-electron chi connectivity index (χ2n) is 15.8. The first-order valence-corrected chi connectivity index (χ1v) is 19.7. The SMILES string of the molecule is CC1(C)c2ccccc2-c2ccc(-n3c4ccccc4c4cc5c(cc43)c3ccccc3n5-c3cccc(-c4nc(-c5ccccc5)c5ccccc5n4)c3)cc21. The molecule has 0 spiro atoms. The van der Waals surface area contributed by atoms with Crippen molar-refractivity contribution in [2.75, 3.05) is 0 Å². The summed E-state index contributed by atoms with van der Waals surface area (Å²) in [5.41, 5.74) is 16.2. The van der Waals surface area contributed by atoms with Gasteiger partial charge in [-0.15, -0.1) is 0 Å². The largest absolute Gasteiger partial charge is 0.309 e. The maximum absolute atomic E-state index is 5.21. The van der Waals surface area contributed by atoms with Crippen molar-refractivity contribution in [2.24, 2.45) is 0 Å². The van der Waals surface area contributed by atoms with E-state index in [1.54, 1.807) is 0 Å². The van der Waals surface area contributed by atoms with Gasteiger partial charge in [0, 0.05) is 54.8 Å². The molecule has 0 fully saturated rings. The van der Waals surface area contributed by atoms with E-state index in [9.17, 15) is 0 Å². The molecule has 0 N–H and O–H groups in total. The molecule has 1 aliphatic rings. The number of rotatable bonds is 4. The number of para-hydroxylation sites is 3. The van der Waals surface area contributed by atoms with Crippen molar-refractivity contribution in [3.05, 3.63) is 193 Å². The Hall–Kier alpha value is -7.30. The van der Waals surface area contributed by atoms with Crippen LogP contribution in [0.3, 0.4) is 0 Å². The van der Waals surface area contributed by atoms with Crippen molar-refractivity contribution in [3.63, 3.8) is 0 Å². The summed E-state index contributed by atoms with van der Waals surface area (Å²) in [5, 5.41) is 5.95. The predicted octanol–water partition coefficient (Wildman–Crippen LogP) is 13.5. The van der Waals surface area contributed by atoms with Gasteiger partial charge < -0.3 is 9.13 Å². The second-order valence-corrected chi connectivity index (χ2v) is 15.8. The summed E-state index contributed by atoms with van der Waals surface area (Å²) in [7, 11) is 0. The Kier molecular flexibility index (Phi) is 6.65. The van der Waals surface area contributed by atoms with Crippen LogP contribution in [0.4, 0.5) is 0 Å². The lowest BCUT2D eigenvalue weighted by Gasteiger charge is -2.22. The molecule has 4 nitrogen and oxygen atoms in total. The van der Waals surface area contributed by atoms with Gasteiger partial charge in [0.15, 0.2) is 5.82 Å². The average molecular weight is 729 g/mol. The van der Waals surface area contributed by atoms with E-state index in [-0.39, 0.29) is 5.41 Å². The average Bonchev–Trinajstić information content (AvgIpc) is 3.85. The van der Waals surface area contributed by atoms with Gasteiger partial charge in [-0.25, -0.2) is 9.97 Å². The standard InChI is InChI=1S/C53H36N4/c1-53(2)44-23-10-6-19-37(44)38-28-27-36(30-45(38)53)57-48-26-13-9-21-40(48)43-31-49-42(32-50(43)57)39-20-8-12-25-47(39)56(49)35-18-14-17-34(29-35)52-54-46-24-11-7-22-41(46)51(55-52)33-15-4-3-5-16-33/h3-32H,1-2H3. The van der Waals surface area contributed by atoms with Gasteiger partial charge in [0.2, 0.25) is 0 Å². The van der Waals surface area contributed by atoms with E-state index in [0.717, 1.165) is 38.9 Å². The van der Waals surface area contributed by atoms with Gasteiger partial charge in [-0.2, -0.15) is 0 Å². The molecular formula is C53H36N4. The van der Waals surface area contributed by atoms with Crippen molar-refractivity contribution < 1.29 is 0 Å².